The molecule has 0 aliphatic carbocycles. The van der Waals surface area contributed by atoms with Crippen molar-refractivity contribution in [3.8, 4) is 0 Å². The number of rotatable bonds is 4. The van der Waals surface area contributed by atoms with E-state index in [2.05, 4.69) is 5.32 Å². The second kappa shape index (κ2) is 6.08. The average Bonchev–Trinajstić information content (AvgIpc) is 2.88. The molecule has 0 aromatic carbocycles. The molecule has 1 N–H and O–H groups in total. The topological polar surface area (TPSA) is 52.7 Å². The van der Waals surface area contributed by atoms with Gasteiger partial charge < -0.3 is 5.32 Å². The van der Waals surface area contributed by atoms with E-state index in [1.54, 1.807) is 11.4 Å². The molecule has 0 radical (unpaired) electrons. The first-order valence-corrected chi connectivity index (χ1v) is 8.80. The van der Waals surface area contributed by atoms with E-state index in [9.17, 15) is 8.42 Å². The predicted molar refractivity (Wildman–Crippen MR) is 77.1 cm³/mol. The van der Waals surface area contributed by atoms with Crippen LogP contribution in [-0.4, -0.2) is 55.8 Å². The summed E-state index contributed by atoms with van der Waals surface area (Å²) in [6, 6.07) is 0.203. The van der Waals surface area contributed by atoms with Crippen LogP contribution in [0.1, 0.15) is 39.5 Å². The van der Waals surface area contributed by atoms with Gasteiger partial charge in [-0.15, -0.1) is 0 Å². The highest BCUT2D eigenvalue weighted by Crippen LogP contribution is 2.31. The zero-order valence-electron chi connectivity index (χ0n) is 12.3. The molecule has 2 unspecified atom stereocenters. The van der Waals surface area contributed by atoms with E-state index in [4.69, 9.17) is 0 Å². The molecule has 6 heteroatoms. The maximum absolute atomic E-state index is 12.7. The number of hydrogen-bond donors (Lipinski definition) is 1. The smallest absolute Gasteiger partial charge is 0.282 e. The predicted octanol–water partition coefficient (Wildman–Crippen LogP) is 1.04. The van der Waals surface area contributed by atoms with Crippen LogP contribution in [0.5, 0.6) is 0 Å². The fraction of sp³-hybridized carbons (Fsp3) is 1.00. The molecule has 2 saturated heterocycles. The Morgan fingerprint density at radius 3 is 2.58 bits per heavy atom. The third-order valence-electron chi connectivity index (χ3n) is 4.51. The standard InChI is InChI=1S/C13H27N3O2S/c1-11(2)15(3)19(17,18)16-9-5-7-13(16)12-6-4-8-14-10-12/h11-14H,4-10H2,1-3H3. The molecule has 0 aromatic rings. The minimum atomic E-state index is -3.30. The van der Waals surface area contributed by atoms with E-state index in [0.717, 1.165) is 38.8 Å². The highest BCUT2D eigenvalue weighted by atomic mass is 32.2. The van der Waals surface area contributed by atoms with Gasteiger partial charge in [0.05, 0.1) is 0 Å². The van der Waals surface area contributed by atoms with E-state index in [-0.39, 0.29) is 12.1 Å². The average molecular weight is 289 g/mol. The molecule has 0 aromatic heterocycles. The summed E-state index contributed by atoms with van der Waals surface area (Å²) in [5.74, 6) is 0.478. The molecule has 2 rings (SSSR count). The number of nitrogens with one attached hydrogen (secondary N) is 1. The van der Waals surface area contributed by atoms with Crippen molar-refractivity contribution in [3.63, 3.8) is 0 Å². The lowest BCUT2D eigenvalue weighted by Crippen LogP contribution is -2.51. The normalized spacial score (nSPS) is 30.4. The molecule has 0 bridgehead atoms. The molecule has 2 fully saturated rings. The van der Waals surface area contributed by atoms with Crippen LogP contribution >= 0.6 is 0 Å². The maximum atomic E-state index is 12.7. The van der Waals surface area contributed by atoms with Crippen molar-refractivity contribution < 1.29 is 8.42 Å². The van der Waals surface area contributed by atoms with Gasteiger partial charge in [-0.3, -0.25) is 0 Å². The van der Waals surface area contributed by atoms with Crippen molar-refractivity contribution in [3.05, 3.63) is 0 Å². The maximum Gasteiger partial charge on any atom is 0.282 e. The van der Waals surface area contributed by atoms with Gasteiger partial charge in [0, 0.05) is 25.7 Å². The second-order valence-electron chi connectivity index (χ2n) is 6.04. The van der Waals surface area contributed by atoms with Crippen LogP contribution in [0.25, 0.3) is 0 Å². The number of piperidine rings is 1. The molecule has 2 heterocycles. The molecule has 2 aliphatic rings. The Morgan fingerprint density at radius 2 is 2.00 bits per heavy atom. The van der Waals surface area contributed by atoms with E-state index in [1.807, 2.05) is 13.8 Å². The van der Waals surface area contributed by atoms with Crippen LogP contribution < -0.4 is 5.32 Å². The van der Waals surface area contributed by atoms with Crippen molar-refractivity contribution in [1.29, 1.82) is 0 Å². The van der Waals surface area contributed by atoms with Crippen molar-refractivity contribution in [2.24, 2.45) is 5.92 Å². The van der Waals surface area contributed by atoms with E-state index in [0.29, 0.717) is 12.5 Å². The third-order valence-corrected chi connectivity index (χ3v) is 6.71. The Kier molecular flexibility index (Phi) is 4.87. The summed E-state index contributed by atoms with van der Waals surface area (Å²) in [5.41, 5.74) is 0. The van der Waals surface area contributed by atoms with Gasteiger partial charge in [0.2, 0.25) is 0 Å². The van der Waals surface area contributed by atoms with E-state index >= 15 is 0 Å². The zero-order valence-corrected chi connectivity index (χ0v) is 13.1. The first-order valence-electron chi connectivity index (χ1n) is 7.40. The summed E-state index contributed by atoms with van der Waals surface area (Å²) in [5, 5.41) is 3.40. The van der Waals surface area contributed by atoms with Gasteiger partial charge in [-0.2, -0.15) is 17.0 Å². The monoisotopic (exact) mass is 289 g/mol. The van der Waals surface area contributed by atoms with Crippen molar-refractivity contribution in [1.82, 2.24) is 13.9 Å². The first-order chi connectivity index (χ1) is 8.94. The third kappa shape index (κ3) is 3.12. The van der Waals surface area contributed by atoms with E-state index < -0.39 is 10.2 Å². The van der Waals surface area contributed by atoms with Crippen LogP contribution in [0, 0.1) is 5.92 Å². The zero-order chi connectivity index (χ0) is 14.0. The van der Waals surface area contributed by atoms with Crippen molar-refractivity contribution in [2.45, 2.75) is 51.6 Å². The van der Waals surface area contributed by atoms with Crippen molar-refractivity contribution >= 4 is 10.2 Å². The fourth-order valence-corrected chi connectivity index (χ4v) is 5.01. The first kappa shape index (κ1) is 15.2. The fourth-order valence-electron chi connectivity index (χ4n) is 3.16. The van der Waals surface area contributed by atoms with Crippen LogP contribution in [0.15, 0.2) is 0 Å². The lowest BCUT2D eigenvalue weighted by Gasteiger charge is -2.36. The van der Waals surface area contributed by atoms with Gasteiger partial charge in [0.25, 0.3) is 10.2 Å². The van der Waals surface area contributed by atoms with Gasteiger partial charge >= 0.3 is 0 Å². The number of hydrogen-bond acceptors (Lipinski definition) is 3. The number of nitrogens with zero attached hydrogens (tertiary/aromatic N) is 2. The van der Waals surface area contributed by atoms with Crippen LogP contribution in [0.4, 0.5) is 0 Å². The highest BCUT2D eigenvalue weighted by molar-refractivity contribution is 7.86. The minimum Gasteiger partial charge on any atom is -0.316 e. The van der Waals surface area contributed by atoms with Crippen LogP contribution in [-0.2, 0) is 10.2 Å². The summed E-state index contributed by atoms with van der Waals surface area (Å²) < 4.78 is 28.6. The Labute approximate surface area is 117 Å². The molecule has 5 nitrogen and oxygen atoms in total. The Bertz CT molecular complexity index is 391. The highest BCUT2D eigenvalue weighted by Gasteiger charge is 2.41. The SMILES string of the molecule is CC(C)N(C)S(=O)(=O)N1CCCC1C1CCCNC1. The molecule has 0 amide bonds. The van der Waals surface area contributed by atoms with Gasteiger partial charge in [0.1, 0.15) is 0 Å². The summed E-state index contributed by atoms with van der Waals surface area (Å²) >= 11 is 0. The summed E-state index contributed by atoms with van der Waals surface area (Å²) in [4.78, 5) is 0. The Balaban J connectivity index is 2.13. The molecule has 2 aliphatic heterocycles. The molecule has 2 atom stereocenters. The second-order valence-corrected chi connectivity index (χ2v) is 7.99. The Morgan fingerprint density at radius 1 is 1.26 bits per heavy atom. The summed E-state index contributed by atoms with van der Waals surface area (Å²) in [6.45, 7) is 6.56. The van der Waals surface area contributed by atoms with Crippen LogP contribution in [0.2, 0.25) is 0 Å². The Hall–Kier alpha value is -0.170. The lowest BCUT2D eigenvalue weighted by molar-refractivity contribution is 0.226. The van der Waals surface area contributed by atoms with Gasteiger partial charge in [-0.25, -0.2) is 0 Å². The molecule has 0 spiro atoms. The lowest BCUT2D eigenvalue weighted by atomic mass is 9.91. The minimum absolute atomic E-state index is 0.00994. The van der Waals surface area contributed by atoms with E-state index in [1.165, 1.54) is 4.31 Å². The molecule has 19 heavy (non-hydrogen) atoms. The van der Waals surface area contributed by atoms with Gasteiger partial charge in [-0.05, 0) is 58.5 Å². The molecule has 0 saturated carbocycles. The van der Waals surface area contributed by atoms with Gasteiger partial charge in [0.15, 0.2) is 0 Å². The summed E-state index contributed by atoms with van der Waals surface area (Å²) in [6.07, 6.45) is 4.31. The molecule has 112 valence electrons. The van der Waals surface area contributed by atoms with Crippen molar-refractivity contribution in [2.75, 3.05) is 26.7 Å². The molecular formula is C13H27N3O2S. The summed E-state index contributed by atoms with van der Waals surface area (Å²) in [7, 11) is -1.61. The quantitative estimate of drug-likeness (QED) is 0.841. The molecular weight excluding hydrogens is 262 g/mol. The van der Waals surface area contributed by atoms with Crippen LogP contribution in [0.3, 0.4) is 0 Å². The van der Waals surface area contributed by atoms with Gasteiger partial charge in [-0.1, -0.05) is 0 Å². The largest absolute Gasteiger partial charge is 0.316 e.